The van der Waals surface area contributed by atoms with Gasteiger partial charge in [0, 0.05) is 13.1 Å². The van der Waals surface area contributed by atoms with Crippen molar-refractivity contribution in [3.05, 3.63) is 53.5 Å². The second kappa shape index (κ2) is 10.7. The molecule has 114 valence electrons. The van der Waals surface area contributed by atoms with Crippen LogP contribution in [-0.4, -0.2) is 49.4 Å². The molecule has 0 bridgehead atoms. The van der Waals surface area contributed by atoms with Gasteiger partial charge in [0.1, 0.15) is 6.61 Å². The molecule has 1 fully saturated rings. The van der Waals surface area contributed by atoms with Gasteiger partial charge in [0.15, 0.2) is 0 Å². The minimum atomic E-state index is -0.742. The number of benzene rings is 1. The summed E-state index contributed by atoms with van der Waals surface area (Å²) in [7, 11) is 0. The molecule has 1 saturated heterocycles. The van der Waals surface area contributed by atoms with Gasteiger partial charge in [-0.3, -0.25) is 10.9 Å². The number of ether oxygens (including phenoxy) is 2. The van der Waals surface area contributed by atoms with Crippen molar-refractivity contribution in [1.29, 1.82) is 0 Å². The van der Waals surface area contributed by atoms with E-state index in [1.54, 1.807) is 0 Å². The Labute approximate surface area is 154 Å². The third-order valence-electron chi connectivity index (χ3n) is 3.08. The van der Waals surface area contributed by atoms with Crippen LogP contribution in [0.4, 0.5) is 0 Å². The van der Waals surface area contributed by atoms with Crippen molar-refractivity contribution in [3.8, 4) is 0 Å². The first-order valence-electron chi connectivity index (χ1n) is 6.89. The third-order valence-corrected chi connectivity index (χ3v) is 3.08. The minimum Gasteiger partial charge on any atom is -0.899 e. The first kappa shape index (κ1) is 19.1. The van der Waals surface area contributed by atoms with Crippen LogP contribution in [-0.2, 0) is 20.9 Å². The molecule has 0 radical (unpaired) electrons. The third kappa shape index (κ3) is 6.89. The largest absolute Gasteiger partial charge is 2.00 e. The molecule has 0 atom stereocenters. The quantitative estimate of drug-likeness (QED) is 0.321. The average Bonchev–Trinajstić information content (AvgIpc) is 2.54. The van der Waals surface area contributed by atoms with Crippen LogP contribution in [0, 0.1) is 37.2 Å². The van der Waals surface area contributed by atoms with Gasteiger partial charge in [-0.05, 0) is 5.56 Å². The predicted octanol–water partition coefficient (Wildman–Crippen LogP) is 1.43. The normalized spacial score (nSPS) is 15.3. The van der Waals surface area contributed by atoms with Gasteiger partial charge in [0.25, 0.3) is 0 Å². The zero-order chi connectivity index (χ0) is 14.9. The average molecular weight is 524 g/mol. The van der Waals surface area contributed by atoms with E-state index in [0.29, 0.717) is 19.8 Å². The number of morpholine rings is 1. The maximum Gasteiger partial charge on any atom is 2.00 e. The number of esters is 1. The summed E-state index contributed by atoms with van der Waals surface area (Å²) in [6, 6.07) is 9.32. The Morgan fingerprint density at radius 2 is 2.00 bits per heavy atom. The molecule has 0 N–H and O–H groups in total. The fraction of sp³-hybridized carbons (Fsp3) is 0.375. The summed E-state index contributed by atoms with van der Waals surface area (Å²) in [6.07, 6.45) is 4.16. The van der Waals surface area contributed by atoms with Crippen molar-refractivity contribution < 1.29 is 45.4 Å². The summed E-state index contributed by atoms with van der Waals surface area (Å²) >= 11 is 0. The number of carbonyl (C=O) groups excluding carboxylic acids is 1. The molecule has 1 heterocycles. The van der Waals surface area contributed by atoms with Crippen LogP contribution in [0.25, 0.3) is 5.41 Å². The van der Waals surface area contributed by atoms with Crippen LogP contribution >= 0.6 is 0 Å². The Hall–Kier alpha value is -0.928. The van der Waals surface area contributed by atoms with Gasteiger partial charge in [-0.25, -0.2) is 11.8 Å². The summed E-state index contributed by atoms with van der Waals surface area (Å²) < 4.78 is 10.2. The number of rotatable bonds is 6. The molecule has 1 aromatic rings. The summed E-state index contributed by atoms with van der Waals surface area (Å²) in [5, 5.41) is 9.61. The van der Waals surface area contributed by atoms with Gasteiger partial charge < -0.3 is 19.8 Å². The first-order chi connectivity index (χ1) is 10.3. The second-order valence-electron chi connectivity index (χ2n) is 4.68. The molecule has 1 aliphatic heterocycles. The molecule has 5 nitrogen and oxygen atoms in total. The topological polar surface area (TPSA) is 61.1 Å². The van der Waals surface area contributed by atoms with Crippen molar-refractivity contribution in [2.45, 2.75) is 6.61 Å². The summed E-state index contributed by atoms with van der Waals surface area (Å²) in [5.74, 6) is -0.742. The summed E-state index contributed by atoms with van der Waals surface area (Å²) in [5.41, 5.74) is 0.444. The van der Waals surface area contributed by atoms with E-state index in [-0.39, 0.29) is 37.7 Å². The molecule has 0 aromatic heterocycles. The second-order valence-corrected chi connectivity index (χ2v) is 4.68. The number of hydrogen-bond donors (Lipinski definition) is 0. The van der Waals surface area contributed by atoms with E-state index in [2.05, 4.69) is 11.0 Å². The molecular weight excluding hydrogens is 506 g/mol. The van der Waals surface area contributed by atoms with Crippen molar-refractivity contribution in [3.63, 3.8) is 0 Å². The maximum absolute atomic E-state index is 11.6. The first-order valence-corrected chi connectivity index (χ1v) is 6.89. The molecule has 1 aliphatic rings. The van der Waals surface area contributed by atoms with Gasteiger partial charge in [-0.2, -0.15) is 0 Å². The molecule has 1 aromatic carbocycles. The van der Waals surface area contributed by atoms with Gasteiger partial charge in [0.05, 0.1) is 13.2 Å². The molecule has 0 saturated carbocycles. The van der Waals surface area contributed by atoms with Gasteiger partial charge >= 0.3 is 31.1 Å². The standard InChI is InChI=1S/C16H18N2O3.U/c17-15(7-4-8-18-9-11-20-12-10-18)16(19)21-13-14-5-2-1-3-6-14;/h1-3,5-7H,8-13H2;/q-2;+2. The van der Waals surface area contributed by atoms with Crippen LogP contribution in [0.15, 0.2) is 36.4 Å². The zero-order valence-electron chi connectivity index (χ0n) is 12.3. The predicted molar refractivity (Wildman–Crippen MR) is 79.7 cm³/mol. The Bertz CT molecular complexity index is 499. The fourth-order valence-corrected chi connectivity index (χ4v) is 1.89. The van der Waals surface area contributed by atoms with Crippen LogP contribution in [0.2, 0.25) is 0 Å². The maximum atomic E-state index is 11.6. The van der Waals surface area contributed by atoms with E-state index < -0.39 is 11.7 Å². The van der Waals surface area contributed by atoms with Gasteiger partial charge in [-0.1, -0.05) is 36.9 Å². The van der Waals surface area contributed by atoms with Crippen molar-refractivity contribution >= 4 is 11.7 Å². The van der Waals surface area contributed by atoms with Crippen molar-refractivity contribution in [2.75, 3.05) is 32.8 Å². The zero-order valence-corrected chi connectivity index (χ0v) is 16.5. The van der Waals surface area contributed by atoms with Crippen LogP contribution in [0.3, 0.4) is 0 Å². The molecule has 22 heavy (non-hydrogen) atoms. The van der Waals surface area contributed by atoms with Crippen LogP contribution in [0.5, 0.6) is 0 Å². The number of carbonyl (C=O) groups is 1. The molecule has 0 amide bonds. The summed E-state index contributed by atoms with van der Waals surface area (Å²) in [4.78, 5) is 13.7. The van der Waals surface area contributed by atoms with E-state index in [0.717, 1.165) is 18.7 Å². The molecule has 2 rings (SSSR count). The SMILES string of the molecule is [N-]=C(C=[C-]CN1CCOCC1)C(=O)OCc1ccccc1.[U+2]. The molecule has 6 heteroatoms. The van der Waals surface area contributed by atoms with E-state index in [4.69, 9.17) is 9.47 Å². The van der Waals surface area contributed by atoms with Gasteiger partial charge in [0.2, 0.25) is 5.97 Å². The van der Waals surface area contributed by atoms with E-state index >= 15 is 0 Å². The Balaban J connectivity index is 0.00000242. The molecule has 0 unspecified atom stereocenters. The Kier molecular flexibility index (Phi) is 9.33. The van der Waals surface area contributed by atoms with Crippen LogP contribution < -0.4 is 0 Å². The van der Waals surface area contributed by atoms with Crippen molar-refractivity contribution in [2.24, 2.45) is 0 Å². The van der Waals surface area contributed by atoms with Crippen LogP contribution in [0.1, 0.15) is 5.56 Å². The number of hydrogen-bond acceptors (Lipinski definition) is 4. The minimum absolute atomic E-state index is 0. The van der Waals surface area contributed by atoms with Gasteiger partial charge in [-0.15, -0.1) is 0 Å². The van der Waals surface area contributed by atoms with E-state index in [1.165, 1.54) is 6.08 Å². The van der Waals surface area contributed by atoms with E-state index in [9.17, 15) is 10.2 Å². The smallest absolute Gasteiger partial charge is 0.899 e. The molecule has 0 spiro atoms. The molecular formula is C16H18N2O3U. The fourth-order valence-electron chi connectivity index (χ4n) is 1.89. The number of nitrogens with zero attached hydrogens (tertiary/aromatic N) is 2. The Morgan fingerprint density at radius 1 is 1.32 bits per heavy atom. The summed E-state index contributed by atoms with van der Waals surface area (Å²) in [6.45, 7) is 3.77. The molecule has 0 aliphatic carbocycles. The monoisotopic (exact) mass is 524 g/mol. The van der Waals surface area contributed by atoms with E-state index in [1.807, 2.05) is 30.3 Å². The Morgan fingerprint density at radius 3 is 2.68 bits per heavy atom. The van der Waals surface area contributed by atoms with Crippen molar-refractivity contribution in [1.82, 2.24) is 4.90 Å².